The highest BCUT2D eigenvalue weighted by molar-refractivity contribution is 9.10. The van der Waals surface area contributed by atoms with Crippen molar-refractivity contribution in [2.24, 2.45) is 0 Å². The van der Waals surface area contributed by atoms with Gasteiger partial charge in [0.2, 0.25) is 26.6 Å². The smallest absolute Gasteiger partial charge is 0.236 e. The van der Waals surface area contributed by atoms with Crippen molar-refractivity contribution < 1.29 is 22.3 Å². The lowest BCUT2D eigenvalue weighted by molar-refractivity contribution is 0.120. The third kappa shape index (κ3) is 4.03. The van der Waals surface area contributed by atoms with Gasteiger partial charge < -0.3 is 18.8 Å². The van der Waals surface area contributed by atoms with Crippen molar-refractivity contribution >= 4 is 31.7 Å². The van der Waals surface area contributed by atoms with Crippen LogP contribution in [0.25, 0.3) is 11.5 Å². The van der Waals surface area contributed by atoms with Gasteiger partial charge in [0.15, 0.2) is 0 Å². The molecule has 0 amide bonds. The van der Waals surface area contributed by atoms with E-state index < -0.39 is 9.84 Å². The summed E-state index contributed by atoms with van der Waals surface area (Å²) in [6.07, 6.45) is 0. The largest absolute Gasteiger partial charge is 0.497 e. The number of rotatable bonds is 5. The number of benzene rings is 2. The minimum absolute atomic E-state index is 0.0949. The van der Waals surface area contributed by atoms with Gasteiger partial charge in [0.05, 0.1) is 25.2 Å². The molecule has 2 heterocycles. The minimum Gasteiger partial charge on any atom is -0.497 e. The second kappa shape index (κ2) is 8.17. The van der Waals surface area contributed by atoms with E-state index >= 15 is 0 Å². The standard InChI is InChI=1S/C20H19BrN2O5S/c1-26-16-6-8-17(9-7-16)29(24,25)19-20(23-10-12-27-13-11-23)28-18(22-19)14-2-4-15(21)5-3-14/h2-9H,10-13H2,1H3. The highest BCUT2D eigenvalue weighted by Gasteiger charge is 2.32. The van der Waals surface area contributed by atoms with Gasteiger partial charge in [0.1, 0.15) is 5.75 Å². The normalized spacial score (nSPS) is 14.8. The Bertz CT molecular complexity index is 1090. The first kappa shape index (κ1) is 19.9. The Morgan fingerprint density at radius 2 is 1.69 bits per heavy atom. The summed E-state index contributed by atoms with van der Waals surface area (Å²) in [5.41, 5.74) is 0.693. The maximum Gasteiger partial charge on any atom is 0.236 e. The summed E-state index contributed by atoms with van der Waals surface area (Å²) < 4.78 is 44.1. The van der Waals surface area contributed by atoms with E-state index in [0.29, 0.717) is 37.6 Å². The average Bonchev–Trinajstić information content (AvgIpc) is 3.21. The molecule has 4 rings (SSSR count). The van der Waals surface area contributed by atoms with Crippen LogP contribution in [-0.4, -0.2) is 46.8 Å². The second-order valence-electron chi connectivity index (χ2n) is 6.41. The predicted molar refractivity (Wildman–Crippen MR) is 111 cm³/mol. The average molecular weight is 479 g/mol. The SMILES string of the molecule is COc1ccc(S(=O)(=O)c2nc(-c3ccc(Br)cc3)oc2N2CCOCC2)cc1. The van der Waals surface area contributed by atoms with Crippen molar-refractivity contribution in [2.45, 2.75) is 9.92 Å². The van der Waals surface area contributed by atoms with Crippen LogP contribution in [0.2, 0.25) is 0 Å². The molecule has 0 spiro atoms. The van der Waals surface area contributed by atoms with E-state index in [0.717, 1.165) is 4.47 Å². The Labute approximate surface area is 177 Å². The third-order valence-electron chi connectivity index (χ3n) is 4.59. The number of ether oxygens (including phenoxy) is 2. The van der Waals surface area contributed by atoms with Gasteiger partial charge in [-0.15, -0.1) is 0 Å². The first-order valence-corrected chi connectivity index (χ1v) is 11.3. The maximum atomic E-state index is 13.4. The third-order valence-corrected chi connectivity index (χ3v) is 6.79. The van der Waals surface area contributed by atoms with E-state index in [9.17, 15) is 8.42 Å². The number of methoxy groups -OCH3 is 1. The fourth-order valence-corrected chi connectivity index (χ4v) is 4.61. The van der Waals surface area contributed by atoms with Gasteiger partial charge in [-0.25, -0.2) is 8.42 Å². The highest BCUT2D eigenvalue weighted by atomic mass is 79.9. The lowest BCUT2D eigenvalue weighted by Gasteiger charge is -2.26. The molecule has 0 bridgehead atoms. The Kier molecular flexibility index (Phi) is 5.62. The van der Waals surface area contributed by atoms with Gasteiger partial charge in [0.25, 0.3) is 0 Å². The van der Waals surface area contributed by atoms with Crippen molar-refractivity contribution in [3.63, 3.8) is 0 Å². The van der Waals surface area contributed by atoms with Crippen LogP contribution in [0.3, 0.4) is 0 Å². The summed E-state index contributed by atoms with van der Waals surface area (Å²) in [6.45, 7) is 2.05. The highest BCUT2D eigenvalue weighted by Crippen LogP contribution is 2.35. The first-order chi connectivity index (χ1) is 14.0. The molecule has 152 valence electrons. The van der Waals surface area contributed by atoms with Crippen molar-refractivity contribution in [1.82, 2.24) is 4.98 Å². The van der Waals surface area contributed by atoms with Crippen molar-refractivity contribution in [2.75, 3.05) is 38.3 Å². The number of nitrogens with zero attached hydrogens (tertiary/aromatic N) is 2. The molecule has 9 heteroatoms. The predicted octanol–water partition coefficient (Wildman–Crippen LogP) is 3.78. The fourth-order valence-electron chi connectivity index (χ4n) is 3.02. The summed E-state index contributed by atoms with van der Waals surface area (Å²) in [6, 6.07) is 13.6. The zero-order chi connectivity index (χ0) is 20.4. The van der Waals surface area contributed by atoms with E-state index in [2.05, 4.69) is 20.9 Å². The molecule has 0 radical (unpaired) electrons. The lowest BCUT2D eigenvalue weighted by Crippen LogP contribution is -2.36. The number of halogens is 1. The van der Waals surface area contributed by atoms with Crippen LogP contribution in [0.5, 0.6) is 5.75 Å². The molecule has 0 aliphatic carbocycles. The summed E-state index contributed by atoms with van der Waals surface area (Å²) in [5, 5.41) is -0.0949. The number of hydrogen-bond donors (Lipinski definition) is 0. The Balaban J connectivity index is 1.82. The van der Waals surface area contributed by atoms with Crippen LogP contribution in [0.1, 0.15) is 0 Å². The summed E-state index contributed by atoms with van der Waals surface area (Å²) in [5.74, 6) is 1.07. The topological polar surface area (TPSA) is 81.9 Å². The van der Waals surface area contributed by atoms with E-state index in [4.69, 9.17) is 13.9 Å². The molecule has 29 heavy (non-hydrogen) atoms. The quantitative estimate of drug-likeness (QED) is 0.551. The van der Waals surface area contributed by atoms with Crippen LogP contribution in [0.4, 0.5) is 5.88 Å². The van der Waals surface area contributed by atoms with Crippen LogP contribution in [0, 0.1) is 0 Å². The number of anilines is 1. The van der Waals surface area contributed by atoms with Gasteiger partial charge in [0, 0.05) is 23.1 Å². The molecule has 1 fully saturated rings. The minimum atomic E-state index is -3.89. The molecule has 0 N–H and O–H groups in total. The zero-order valence-corrected chi connectivity index (χ0v) is 18.1. The van der Waals surface area contributed by atoms with E-state index in [1.807, 2.05) is 29.2 Å². The Morgan fingerprint density at radius 1 is 1.03 bits per heavy atom. The van der Waals surface area contributed by atoms with Gasteiger partial charge in [-0.05, 0) is 48.5 Å². The van der Waals surface area contributed by atoms with Gasteiger partial charge in [-0.2, -0.15) is 4.98 Å². The molecule has 0 unspecified atom stereocenters. The lowest BCUT2D eigenvalue weighted by atomic mass is 10.2. The molecule has 3 aromatic rings. The monoisotopic (exact) mass is 478 g/mol. The Hall–Kier alpha value is -2.36. The number of aromatic nitrogens is 1. The first-order valence-electron chi connectivity index (χ1n) is 8.97. The van der Waals surface area contributed by atoms with Crippen LogP contribution in [0.15, 0.2) is 67.3 Å². The summed E-state index contributed by atoms with van der Waals surface area (Å²) in [4.78, 5) is 6.38. The molecular formula is C20H19BrN2O5S. The molecule has 7 nitrogen and oxygen atoms in total. The number of morpholine rings is 1. The molecule has 1 saturated heterocycles. The second-order valence-corrected chi connectivity index (χ2v) is 9.20. The van der Waals surface area contributed by atoms with E-state index in [1.54, 1.807) is 12.1 Å². The van der Waals surface area contributed by atoms with Crippen LogP contribution in [-0.2, 0) is 14.6 Å². The molecule has 0 saturated carbocycles. The van der Waals surface area contributed by atoms with E-state index in [-0.39, 0.29) is 21.7 Å². The molecule has 0 atom stereocenters. The van der Waals surface area contributed by atoms with Crippen molar-refractivity contribution in [1.29, 1.82) is 0 Å². The summed E-state index contributed by atoms with van der Waals surface area (Å²) >= 11 is 3.40. The van der Waals surface area contributed by atoms with Crippen molar-refractivity contribution in [3.8, 4) is 17.2 Å². The number of sulfone groups is 1. The summed E-state index contributed by atoms with van der Waals surface area (Å²) in [7, 11) is -2.36. The molecular weight excluding hydrogens is 460 g/mol. The van der Waals surface area contributed by atoms with Gasteiger partial charge in [-0.1, -0.05) is 15.9 Å². The Morgan fingerprint density at radius 3 is 2.31 bits per heavy atom. The molecule has 1 aromatic heterocycles. The van der Waals surface area contributed by atoms with Gasteiger partial charge >= 0.3 is 0 Å². The molecule has 1 aliphatic heterocycles. The van der Waals surface area contributed by atoms with Crippen molar-refractivity contribution in [3.05, 3.63) is 53.0 Å². The van der Waals surface area contributed by atoms with E-state index in [1.165, 1.54) is 19.2 Å². The number of hydrogen-bond acceptors (Lipinski definition) is 7. The number of oxazole rings is 1. The molecule has 1 aliphatic rings. The fraction of sp³-hybridized carbons (Fsp3) is 0.250. The maximum absolute atomic E-state index is 13.4. The van der Waals surface area contributed by atoms with Crippen LogP contribution < -0.4 is 9.64 Å². The zero-order valence-electron chi connectivity index (χ0n) is 15.7. The van der Waals surface area contributed by atoms with Gasteiger partial charge in [-0.3, -0.25) is 0 Å². The van der Waals surface area contributed by atoms with Crippen LogP contribution >= 0.6 is 15.9 Å². The molecule has 2 aromatic carbocycles.